The number of hydrogen-bond donors (Lipinski definition) is 2. The SMILES string of the molecule is C=CCc1cc(/C=C2\SC(=Nc3ccc(OC)cc3)NC2=O)cc(OCC)c1O. The maximum absolute atomic E-state index is 12.4. The first kappa shape index (κ1) is 20.5. The topological polar surface area (TPSA) is 80.2 Å². The number of methoxy groups -OCH3 is 1. The van der Waals surface area contributed by atoms with Gasteiger partial charge in [-0.1, -0.05) is 6.08 Å². The van der Waals surface area contributed by atoms with Crippen molar-refractivity contribution in [1.29, 1.82) is 0 Å². The number of thioether (sulfide) groups is 1. The number of nitrogens with one attached hydrogen (secondary N) is 1. The first-order valence-electron chi connectivity index (χ1n) is 9.07. The summed E-state index contributed by atoms with van der Waals surface area (Å²) in [5, 5.41) is 13.6. The number of carbonyl (C=O) groups is 1. The molecule has 2 aromatic rings. The van der Waals surface area contributed by atoms with E-state index in [-0.39, 0.29) is 11.7 Å². The number of amidine groups is 1. The lowest BCUT2D eigenvalue weighted by Crippen LogP contribution is -2.19. The minimum atomic E-state index is -0.224. The van der Waals surface area contributed by atoms with Crippen LogP contribution in [0.1, 0.15) is 18.1 Å². The van der Waals surface area contributed by atoms with Crippen LogP contribution in [-0.4, -0.2) is 29.9 Å². The fraction of sp³-hybridized carbons (Fsp3) is 0.182. The Morgan fingerprint density at radius 3 is 2.69 bits per heavy atom. The monoisotopic (exact) mass is 410 g/mol. The predicted octanol–water partition coefficient (Wildman–Crippen LogP) is 4.42. The van der Waals surface area contributed by atoms with Crippen molar-refractivity contribution in [2.45, 2.75) is 13.3 Å². The lowest BCUT2D eigenvalue weighted by molar-refractivity contribution is -0.115. The number of phenolic OH excluding ortho intramolecular Hbond substituents is 1. The number of carbonyl (C=O) groups excluding carboxylic acids is 1. The van der Waals surface area contributed by atoms with E-state index in [9.17, 15) is 9.90 Å². The summed E-state index contributed by atoms with van der Waals surface area (Å²) < 4.78 is 10.7. The predicted molar refractivity (Wildman–Crippen MR) is 117 cm³/mol. The summed E-state index contributed by atoms with van der Waals surface area (Å²) in [7, 11) is 1.60. The number of aromatic hydroxyl groups is 1. The molecule has 29 heavy (non-hydrogen) atoms. The van der Waals surface area contributed by atoms with Crippen LogP contribution < -0.4 is 14.8 Å². The Morgan fingerprint density at radius 2 is 2.03 bits per heavy atom. The van der Waals surface area contributed by atoms with Crippen LogP contribution in [0.2, 0.25) is 0 Å². The molecule has 0 spiro atoms. The molecule has 3 rings (SSSR count). The number of benzene rings is 2. The van der Waals surface area contributed by atoms with Gasteiger partial charge < -0.3 is 19.9 Å². The van der Waals surface area contributed by atoms with Gasteiger partial charge in [0.15, 0.2) is 16.7 Å². The minimum absolute atomic E-state index is 0.0965. The highest BCUT2D eigenvalue weighted by Gasteiger charge is 2.24. The van der Waals surface area contributed by atoms with Crippen LogP contribution in [0.4, 0.5) is 5.69 Å². The molecule has 1 aliphatic heterocycles. The molecule has 150 valence electrons. The molecule has 0 aromatic heterocycles. The van der Waals surface area contributed by atoms with Crippen molar-refractivity contribution < 1.29 is 19.4 Å². The smallest absolute Gasteiger partial charge is 0.264 e. The number of aliphatic imine (C=N–C) groups is 1. The molecule has 1 aliphatic rings. The van der Waals surface area contributed by atoms with E-state index in [0.717, 1.165) is 11.3 Å². The van der Waals surface area contributed by atoms with E-state index < -0.39 is 0 Å². The molecular weight excluding hydrogens is 388 g/mol. The van der Waals surface area contributed by atoms with Crippen LogP contribution in [0, 0.1) is 0 Å². The Kier molecular flexibility index (Phi) is 6.61. The maximum Gasteiger partial charge on any atom is 0.264 e. The highest BCUT2D eigenvalue weighted by Crippen LogP contribution is 2.35. The Balaban J connectivity index is 1.87. The summed E-state index contributed by atoms with van der Waals surface area (Å²) in [6.07, 6.45) is 3.95. The molecule has 1 fully saturated rings. The van der Waals surface area contributed by atoms with Gasteiger partial charge in [0.1, 0.15) is 5.75 Å². The standard InChI is InChI=1S/C22H22N2O4S/c1-4-6-15-11-14(12-18(20(15)25)28-5-2)13-19-21(26)24-22(29-19)23-16-7-9-17(27-3)10-8-16/h4,7-13,25H,1,5-6H2,2-3H3,(H,23,24,26)/b19-13-. The first-order chi connectivity index (χ1) is 14.0. The maximum atomic E-state index is 12.4. The fourth-order valence-corrected chi connectivity index (χ4v) is 3.60. The molecule has 0 aliphatic carbocycles. The zero-order valence-corrected chi connectivity index (χ0v) is 17.1. The van der Waals surface area contributed by atoms with E-state index in [0.29, 0.717) is 40.1 Å². The summed E-state index contributed by atoms with van der Waals surface area (Å²) in [6.45, 7) is 5.99. The molecule has 6 nitrogen and oxygen atoms in total. The zero-order chi connectivity index (χ0) is 20.8. The summed E-state index contributed by atoms with van der Waals surface area (Å²) >= 11 is 1.26. The van der Waals surface area contributed by atoms with Crippen LogP contribution in [0.15, 0.2) is 59.0 Å². The van der Waals surface area contributed by atoms with Gasteiger partial charge in [0.05, 0.1) is 24.3 Å². The van der Waals surface area contributed by atoms with Gasteiger partial charge in [0.2, 0.25) is 0 Å². The largest absolute Gasteiger partial charge is 0.504 e. The van der Waals surface area contributed by atoms with Crippen LogP contribution in [-0.2, 0) is 11.2 Å². The lowest BCUT2D eigenvalue weighted by Gasteiger charge is -2.11. The molecule has 0 radical (unpaired) electrons. The Hall–Kier alpha value is -3.19. The quantitative estimate of drug-likeness (QED) is 0.522. The molecule has 0 unspecified atom stereocenters. The van der Waals surface area contributed by atoms with Crippen molar-refractivity contribution in [2.75, 3.05) is 13.7 Å². The summed E-state index contributed by atoms with van der Waals surface area (Å²) in [5.74, 6) is 0.998. The molecule has 7 heteroatoms. The first-order valence-corrected chi connectivity index (χ1v) is 9.89. The van der Waals surface area contributed by atoms with Crippen molar-refractivity contribution in [2.24, 2.45) is 4.99 Å². The summed E-state index contributed by atoms with van der Waals surface area (Å²) in [6, 6.07) is 10.8. The number of allylic oxidation sites excluding steroid dienone is 1. The van der Waals surface area contributed by atoms with Gasteiger partial charge in [-0.25, -0.2) is 4.99 Å². The molecule has 2 N–H and O–H groups in total. The number of rotatable bonds is 7. The second-order valence-electron chi connectivity index (χ2n) is 6.13. The van der Waals surface area contributed by atoms with E-state index in [1.165, 1.54) is 11.8 Å². The molecule has 2 aromatic carbocycles. The third-order valence-corrected chi connectivity index (χ3v) is 5.00. The van der Waals surface area contributed by atoms with Gasteiger partial charge in [-0.3, -0.25) is 4.79 Å². The van der Waals surface area contributed by atoms with Gasteiger partial charge in [0.25, 0.3) is 5.91 Å². The van der Waals surface area contributed by atoms with E-state index in [4.69, 9.17) is 9.47 Å². The number of nitrogens with zero attached hydrogens (tertiary/aromatic N) is 1. The third kappa shape index (κ3) is 5.00. The Morgan fingerprint density at radius 1 is 1.28 bits per heavy atom. The summed E-state index contributed by atoms with van der Waals surface area (Å²) in [5.41, 5.74) is 2.16. The lowest BCUT2D eigenvalue weighted by atomic mass is 10.1. The van der Waals surface area contributed by atoms with Crippen molar-refractivity contribution in [3.8, 4) is 17.2 Å². The van der Waals surface area contributed by atoms with E-state index in [2.05, 4.69) is 16.9 Å². The average molecular weight is 410 g/mol. The van der Waals surface area contributed by atoms with E-state index in [1.807, 2.05) is 37.3 Å². The van der Waals surface area contributed by atoms with Crippen molar-refractivity contribution in [1.82, 2.24) is 5.32 Å². The van der Waals surface area contributed by atoms with Crippen LogP contribution in [0.5, 0.6) is 17.2 Å². The van der Waals surface area contributed by atoms with Gasteiger partial charge in [0, 0.05) is 5.56 Å². The number of ether oxygens (including phenoxy) is 2. The number of amides is 1. The van der Waals surface area contributed by atoms with Gasteiger partial charge in [-0.15, -0.1) is 6.58 Å². The van der Waals surface area contributed by atoms with Crippen molar-refractivity contribution in [3.63, 3.8) is 0 Å². The average Bonchev–Trinajstić information content (AvgIpc) is 3.05. The molecule has 1 amide bonds. The van der Waals surface area contributed by atoms with Gasteiger partial charge >= 0.3 is 0 Å². The fourth-order valence-electron chi connectivity index (χ4n) is 2.76. The Bertz CT molecular complexity index is 981. The second-order valence-corrected chi connectivity index (χ2v) is 7.16. The van der Waals surface area contributed by atoms with Crippen molar-refractivity contribution in [3.05, 3.63) is 65.1 Å². The third-order valence-electron chi connectivity index (χ3n) is 4.09. The molecule has 0 bridgehead atoms. The number of hydrogen-bond acceptors (Lipinski definition) is 6. The van der Waals surface area contributed by atoms with Gasteiger partial charge in [-0.2, -0.15) is 0 Å². The minimum Gasteiger partial charge on any atom is -0.504 e. The highest BCUT2D eigenvalue weighted by molar-refractivity contribution is 8.18. The number of phenols is 1. The highest BCUT2D eigenvalue weighted by atomic mass is 32.2. The zero-order valence-electron chi connectivity index (χ0n) is 16.3. The van der Waals surface area contributed by atoms with E-state index >= 15 is 0 Å². The Labute approximate surface area is 174 Å². The molecule has 0 atom stereocenters. The molecule has 0 saturated carbocycles. The van der Waals surface area contributed by atoms with Crippen LogP contribution >= 0.6 is 11.8 Å². The van der Waals surface area contributed by atoms with Crippen LogP contribution in [0.3, 0.4) is 0 Å². The molecule has 1 heterocycles. The van der Waals surface area contributed by atoms with Crippen molar-refractivity contribution >= 4 is 34.6 Å². The summed E-state index contributed by atoms with van der Waals surface area (Å²) in [4.78, 5) is 17.3. The van der Waals surface area contributed by atoms with Gasteiger partial charge in [-0.05, 0) is 73.1 Å². The molecule has 1 saturated heterocycles. The normalized spacial score (nSPS) is 16.1. The van der Waals surface area contributed by atoms with Crippen LogP contribution in [0.25, 0.3) is 6.08 Å². The second kappa shape index (κ2) is 9.34. The van der Waals surface area contributed by atoms with E-state index in [1.54, 1.807) is 25.3 Å². The molecular formula is C22H22N2O4S.